The second-order valence-corrected chi connectivity index (χ2v) is 8.48. The van der Waals surface area contributed by atoms with Crippen LogP contribution < -0.4 is 10.6 Å². The van der Waals surface area contributed by atoms with Crippen molar-refractivity contribution in [2.45, 2.75) is 79.2 Å². The molecule has 138 valence electrons. The highest BCUT2D eigenvalue weighted by Crippen LogP contribution is 2.27. The van der Waals surface area contributed by atoms with Crippen LogP contribution in [0, 0.1) is 10.8 Å². The van der Waals surface area contributed by atoms with Gasteiger partial charge >= 0.3 is 0 Å². The monoisotopic (exact) mass is 346 g/mol. The number of hydrogen-bond donors (Lipinski definition) is 4. The van der Waals surface area contributed by atoms with E-state index in [4.69, 9.17) is 22.4 Å². The minimum atomic E-state index is 0.135. The van der Waals surface area contributed by atoms with Crippen molar-refractivity contribution < 1.29 is 10.2 Å². The molecule has 0 radical (unpaired) electrons. The summed E-state index contributed by atoms with van der Waals surface area (Å²) < 4.78 is 0. The summed E-state index contributed by atoms with van der Waals surface area (Å²) in [6.07, 6.45) is 5.80. The predicted molar refractivity (Wildman–Crippen MR) is 103 cm³/mol. The molecule has 0 aromatic rings. The Kier molecular flexibility index (Phi) is 11.0. The molecule has 0 rings (SSSR count). The number of thiocarbonyl (C=S) groups is 1. The zero-order chi connectivity index (χ0) is 17.9. The molecule has 0 aromatic heterocycles. The van der Waals surface area contributed by atoms with Crippen LogP contribution in [0.15, 0.2) is 0 Å². The molecule has 0 saturated carbocycles. The Morgan fingerprint density at radius 3 is 1.96 bits per heavy atom. The lowest BCUT2D eigenvalue weighted by atomic mass is 9.83. The van der Waals surface area contributed by atoms with E-state index in [2.05, 4.69) is 45.3 Å². The number of rotatable bonds is 12. The van der Waals surface area contributed by atoms with Crippen LogP contribution in [0.25, 0.3) is 0 Å². The van der Waals surface area contributed by atoms with Gasteiger partial charge in [0.25, 0.3) is 0 Å². The van der Waals surface area contributed by atoms with Crippen LogP contribution in [0.5, 0.6) is 0 Å². The van der Waals surface area contributed by atoms with Crippen LogP contribution >= 0.6 is 12.2 Å². The highest BCUT2D eigenvalue weighted by atomic mass is 32.1. The van der Waals surface area contributed by atoms with E-state index in [1.165, 1.54) is 0 Å². The molecule has 0 aliphatic rings. The molecule has 5 heteroatoms. The van der Waals surface area contributed by atoms with Gasteiger partial charge in [-0.3, -0.25) is 0 Å². The van der Waals surface area contributed by atoms with E-state index in [1.54, 1.807) is 0 Å². The first-order chi connectivity index (χ1) is 10.7. The van der Waals surface area contributed by atoms with E-state index in [0.717, 1.165) is 50.2 Å². The molecule has 1 atom stereocenters. The molecular formula is C18H38N2O2S. The summed E-state index contributed by atoms with van der Waals surface area (Å²) in [5.74, 6) is 0. The molecular weight excluding hydrogens is 308 g/mol. The number of nitrogens with one attached hydrogen (secondary N) is 2. The molecule has 0 aromatic carbocycles. The lowest BCUT2D eigenvalue weighted by Crippen LogP contribution is -2.43. The van der Waals surface area contributed by atoms with E-state index < -0.39 is 0 Å². The Bertz CT molecular complexity index is 333. The maximum Gasteiger partial charge on any atom is 0.166 e. The third-order valence-electron chi connectivity index (χ3n) is 4.66. The molecule has 23 heavy (non-hydrogen) atoms. The molecule has 0 heterocycles. The van der Waals surface area contributed by atoms with Gasteiger partial charge < -0.3 is 20.8 Å². The average molecular weight is 347 g/mol. The summed E-state index contributed by atoms with van der Waals surface area (Å²) in [4.78, 5) is 0. The molecule has 0 amide bonds. The SMILES string of the molecule is CCC(CCC(C)(C)CCO)NC(=S)NCCC(C)(C)CCO. The van der Waals surface area contributed by atoms with Crippen LogP contribution in [0.3, 0.4) is 0 Å². The van der Waals surface area contributed by atoms with Crippen molar-refractivity contribution in [3.63, 3.8) is 0 Å². The summed E-state index contributed by atoms with van der Waals surface area (Å²) in [5.41, 5.74) is 0.309. The molecule has 0 bridgehead atoms. The summed E-state index contributed by atoms with van der Waals surface area (Å²) in [6.45, 7) is 12.2. The molecule has 4 N–H and O–H groups in total. The van der Waals surface area contributed by atoms with Gasteiger partial charge in [0.05, 0.1) is 0 Å². The van der Waals surface area contributed by atoms with Gasteiger partial charge in [0.2, 0.25) is 0 Å². The standard InChI is InChI=1S/C18H38N2O2S/c1-6-15(7-8-17(2,3)10-13-21)20-16(23)19-12-9-18(4,5)11-14-22/h15,21-22H,6-14H2,1-5H3,(H2,19,20,23). The van der Waals surface area contributed by atoms with E-state index in [9.17, 15) is 0 Å². The van der Waals surface area contributed by atoms with Crippen LogP contribution in [-0.4, -0.2) is 41.1 Å². The first-order valence-corrected chi connectivity index (χ1v) is 9.32. The lowest BCUT2D eigenvalue weighted by Gasteiger charge is -2.28. The molecule has 0 saturated heterocycles. The Balaban J connectivity index is 4.10. The third-order valence-corrected chi connectivity index (χ3v) is 4.92. The normalized spacial score (nSPS) is 13.7. The van der Waals surface area contributed by atoms with Crippen LogP contribution in [0.4, 0.5) is 0 Å². The quantitative estimate of drug-likeness (QED) is 0.409. The Morgan fingerprint density at radius 2 is 1.48 bits per heavy atom. The summed E-state index contributed by atoms with van der Waals surface area (Å²) in [5, 5.41) is 25.6. The fraction of sp³-hybridized carbons (Fsp3) is 0.944. The maximum atomic E-state index is 9.11. The fourth-order valence-corrected chi connectivity index (χ4v) is 2.82. The first-order valence-electron chi connectivity index (χ1n) is 8.92. The summed E-state index contributed by atoms with van der Waals surface area (Å²) in [6, 6.07) is 0.374. The summed E-state index contributed by atoms with van der Waals surface area (Å²) in [7, 11) is 0. The van der Waals surface area contributed by atoms with E-state index in [0.29, 0.717) is 6.04 Å². The predicted octanol–water partition coefficient (Wildman–Crippen LogP) is 3.22. The number of aliphatic hydroxyl groups excluding tert-OH is 2. The first kappa shape index (κ1) is 22.6. The van der Waals surface area contributed by atoms with Crippen molar-refractivity contribution in [1.82, 2.24) is 10.6 Å². The van der Waals surface area contributed by atoms with E-state index >= 15 is 0 Å². The Morgan fingerprint density at radius 1 is 0.957 bits per heavy atom. The minimum absolute atomic E-state index is 0.135. The largest absolute Gasteiger partial charge is 0.396 e. The molecule has 1 unspecified atom stereocenters. The van der Waals surface area contributed by atoms with Crippen molar-refractivity contribution in [3.8, 4) is 0 Å². The van der Waals surface area contributed by atoms with Crippen molar-refractivity contribution in [2.24, 2.45) is 10.8 Å². The van der Waals surface area contributed by atoms with Gasteiger partial charge in [-0.25, -0.2) is 0 Å². The minimum Gasteiger partial charge on any atom is -0.396 e. The third kappa shape index (κ3) is 11.7. The van der Waals surface area contributed by atoms with E-state index in [1.807, 2.05) is 0 Å². The highest BCUT2D eigenvalue weighted by molar-refractivity contribution is 7.80. The second kappa shape index (κ2) is 11.2. The molecule has 0 aliphatic heterocycles. The molecule has 0 spiro atoms. The van der Waals surface area contributed by atoms with Gasteiger partial charge in [-0.15, -0.1) is 0 Å². The van der Waals surface area contributed by atoms with Crippen molar-refractivity contribution in [2.75, 3.05) is 19.8 Å². The van der Waals surface area contributed by atoms with Gasteiger partial charge in [-0.05, 0) is 61.6 Å². The number of aliphatic hydroxyl groups is 2. The van der Waals surface area contributed by atoms with Crippen molar-refractivity contribution in [1.29, 1.82) is 0 Å². The van der Waals surface area contributed by atoms with Crippen LogP contribution in [0.1, 0.15) is 73.1 Å². The van der Waals surface area contributed by atoms with Crippen LogP contribution in [0.2, 0.25) is 0 Å². The van der Waals surface area contributed by atoms with Crippen molar-refractivity contribution in [3.05, 3.63) is 0 Å². The Hall–Kier alpha value is -0.390. The zero-order valence-corrected chi connectivity index (χ0v) is 16.6. The van der Waals surface area contributed by atoms with Gasteiger partial charge in [0.1, 0.15) is 0 Å². The topological polar surface area (TPSA) is 64.5 Å². The van der Waals surface area contributed by atoms with Gasteiger partial charge in [0.15, 0.2) is 5.11 Å². The lowest BCUT2D eigenvalue weighted by molar-refractivity contribution is 0.195. The summed E-state index contributed by atoms with van der Waals surface area (Å²) >= 11 is 5.40. The van der Waals surface area contributed by atoms with Crippen LogP contribution in [-0.2, 0) is 0 Å². The molecule has 0 aliphatic carbocycles. The molecule has 0 fully saturated rings. The van der Waals surface area contributed by atoms with Crippen molar-refractivity contribution >= 4 is 17.3 Å². The van der Waals surface area contributed by atoms with Gasteiger partial charge in [0, 0.05) is 25.8 Å². The average Bonchev–Trinajstić information content (AvgIpc) is 2.43. The number of hydrogen-bond acceptors (Lipinski definition) is 3. The van der Waals surface area contributed by atoms with Gasteiger partial charge in [-0.1, -0.05) is 34.6 Å². The smallest absolute Gasteiger partial charge is 0.166 e. The van der Waals surface area contributed by atoms with E-state index in [-0.39, 0.29) is 24.0 Å². The zero-order valence-electron chi connectivity index (χ0n) is 15.7. The maximum absolute atomic E-state index is 9.11. The second-order valence-electron chi connectivity index (χ2n) is 8.07. The van der Waals surface area contributed by atoms with Gasteiger partial charge in [-0.2, -0.15) is 0 Å². The highest BCUT2D eigenvalue weighted by Gasteiger charge is 2.20. The molecule has 4 nitrogen and oxygen atoms in total. The fourth-order valence-electron chi connectivity index (χ4n) is 2.55. The Labute approximate surface area is 148 Å².